The summed E-state index contributed by atoms with van der Waals surface area (Å²) >= 11 is 11.9. The highest BCUT2D eigenvalue weighted by Crippen LogP contribution is 2.22. The molecule has 0 aliphatic rings. The SMILES string of the molecule is Nc1ccccc1NC(=O)c1ccc(Cn2cnc3c(Cl)nc(Cl)nc32)cc1. The standard InChI is InChI=1S/C19H14Cl2N6O/c20-16-15-17(26-19(21)25-16)27(10-23-15)9-11-5-7-12(8-6-11)18(28)24-14-4-2-1-3-13(14)22/h1-8,10H,9,22H2,(H,24,28). The Kier molecular flexibility index (Phi) is 4.85. The summed E-state index contributed by atoms with van der Waals surface area (Å²) in [5.74, 6) is -0.233. The summed E-state index contributed by atoms with van der Waals surface area (Å²) in [4.78, 5) is 24.7. The van der Waals surface area contributed by atoms with Gasteiger partial charge in [-0.15, -0.1) is 0 Å². The highest BCUT2D eigenvalue weighted by atomic mass is 35.5. The third-order valence-electron chi connectivity index (χ3n) is 4.17. The van der Waals surface area contributed by atoms with Gasteiger partial charge in [-0.3, -0.25) is 4.79 Å². The van der Waals surface area contributed by atoms with E-state index in [-0.39, 0.29) is 16.3 Å². The number of hydrogen-bond acceptors (Lipinski definition) is 5. The van der Waals surface area contributed by atoms with Gasteiger partial charge >= 0.3 is 0 Å². The number of anilines is 2. The highest BCUT2D eigenvalue weighted by molar-refractivity contribution is 6.35. The third kappa shape index (κ3) is 3.62. The van der Waals surface area contributed by atoms with Gasteiger partial charge in [0, 0.05) is 5.56 Å². The first-order chi connectivity index (χ1) is 13.5. The van der Waals surface area contributed by atoms with E-state index in [0.717, 1.165) is 5.56 Å². The zero-order valence-electron chi connectivity index (χ0n) is 14.4. The largest absolute Gasteiger partial charge is 0.397 e. The fourth-order valence-corrected chi connectivity index (χ4v) is 3.19. The van der Waals surface area contributed by atoms with Crippen molar-refractivity contribution >= 4 is 51.6 Å². The lowest BCUT2D eigenvalue weighted by atomic mass is 10.1. The summed E-state index contributed by atoms with van der Waals surface area (Å²) in [5, 5.41) is 3.07. The second-order valence-corrected chi connectivity index (χ2v) is 6.76. The minimum atomic E-state index is -0.233. The maximum absolute atomic E-state index is 12.4. The molecule has 0 bridgehead atoms. The van der Waals surface area contributed by atoms with Crippen LogP contribution in [0.4, 0.5) is 11.4 Å². The lowest BCUT2D eigenvalue weighted by molar-refractivity contribution is 0.102. The Morgan fingerprint density at radius 2 is 1.82 bits per heavy atom. The van der Waals surface area contributed by atoms with Crippen LogP contribution in [0.15, 0.2) is 54.9 Å². The summed E-state index contributed by atoms with van der Waals surface area (Å²) in [6.45, 7) is 0.494. The second kappa shape index (κ2) is 7.46. The van der Waals surface area contributed by atoms with Crippen molar-refractivity contribution < 1.29 is 4.79 Å². The van der Waals surface area contributed by atoms with E-state index >= 15 is 0 Å². The molecule has 0 fully saturated rings. The molecule has 9 heteroatoms. The fourth-order valence-electron chi connectivity index (χ4n) is 2.76. The summed E-state index contributed by atoms with van der Waals surface area (Å²) < 4.78 is 1.81. The number of fused-ring (bicyclic) bond motifs is 1. The van der Waals surface area contributed by atoms with Crippen LogP contribution >= 0.6 is 23.2 Å². The van der Waals surface area contributed by atoms with E-state index in [1.165, 1.54) is 0 Å². The van der Waals surface area contributed by atoms with Crippen molar-refractivity contribution in [2.75, 3.05) is 11.1 Å². The molecule has 0 atom stereocenters. The number of nitrogens with zero attached hydrogens (tertiary/aromatic N) is 4. The number of benzene rings is 2. The van der Waals surface area contributed by atoms with Crippen LogP contribution in [0.25, 0.3) is 11.2 Å². The van der Waals surface area contributed by atoms with E-state index < -0.39 is 0 Å². The number of carbonyl (C=O) groups excluding carboxylic acids is 1. The van der Waals surface area contributed by atoms with Crippen molar-refractivity contribution in [3.05, 3.63) is 76.4 Å². The minimum absolute atomic E-state index is 0.0615. The lowest BCUT2D eigenvalue weighted by Gasteiger charge is -2.09. The predicted molar refractivity (Wildman–Crippen MR) is 110 cm³/mol. The van der Waals surface area contributed by atoms with Crippen molar-refractivity contribution in [3.63, 3.8) is 0 Å². The minimum Gasteiger partial charge on any atom is -0.397 e. The molecule has 0 saturated heterocycles. The van der Waals surface area contributed by atoms with Crippen LogP contribution in [-0.2, 0) is 6.54 Å². The molecular weight excluding hydrogens is 399 g/mol. The van der Waals surface area contributed by atoms with Gasteiger partial charge in [-0.05, 0) is 41.4 Å². The molecule has 0 spiro atoms. The van der Waals surface area contributed by atoms with Gasteiger partial charge in [-0.25, -0.2) is 9.97 Å². The molecule has 2 aromatic carbocycles. The van der Waals surface area contributed by atoms with Gasteiger partial charge in [-0.1, -0.05) is 35.9 Å². The summed E-state index contributed by atoms with van der Waals surface area (Å²) in [7, 11) is 0. The molecule has 3 N–H and O–H groups in total. The van der Waals surface area contributed by atoms with Crippen LogP contribution in [0.5, 0.6) is 0 Å². The van der Waals surface area contributed by atoms with Gasteiger partial charge in [0.05, 0.1) is 24.2 Å². The second-order valence-electron chi connectivity index (χ2n) is 6.07. The molecule has 2 aromatic heterocycles. The fraction of sp³-hybridized carbons (Fsp3) is 0.0526. The number of rotatable bonds is 4. The van der Waals surface area contributed by atoms with Crippen molar-refractivity contribution in [2.24, 2.45) is 0 Å². The van der Waals surface area contributed by atoms with Crippen LogP contribution in [0, 0.1) is 0 Å². The first-order valence-corrected chi connectivity index (χ1v) is 9.05. The van der Waals surface area contributed by atoms with Crippen LogP contribution in [0.3, 0.4) is 0 Å². The van der Waals surface area contributed by atoms with E-state index in [0.29, 0.717) is 34.6 Å². The molecule has 28 heavy (non-hydrogen) atoms. The monoisotopic (exact) mass is 412 g/mol. The first kappa shape index (κ1) is 18.2. The van der Waals surface area contributed by atoms with Crippen molar-refractivity contribution in [1.82, 2.24) is 19.5 Å². The van der Waals surface area contributed by atoms with Gasteiger partial charge < -0.3 is 15.6 Å². The van der Waals surface area contributed by atoms with Crippen molar-refractivity contribution in [3.8, 4) is 0 Å². The number of nitrogens with one attached hydrogen (secondary N) is 1. The predicted octanol–water partition coefficient (Wildman–Crippen LogP) is 4.02. The van der Waals surface area contributed by atoms with E-state index in [9.17, 15) is 4.79 Å². The molecule has 7 nitrogen and oxygen atoms in total. The molecule has 4 rings (SSSR count). The Labute approximate surface area is 170 Å². The number of nitrogen functional groups attached to an aromatic ring is 1. The Balaban J connectivity index is 1.52. The van der Waals surface area contributed by atoms with E-state index in [1.807, 2.05) is 28.8 Å². The molecule has 0 saturated carbocycles. The average Bonchev–Trinajstić information content (AvgIpc) is 3.07. The maximum atomic E-state index is 12.4. The summed E-state index contributed by atoms with van der Waals surface area (Å²) in [6, 6.07) is 14.3. The first-order valence-electron chi connectivity index (χ1n) is 8.30. The van der Waals surface area contributed by atoms with Gasteiger partial charge in [0.15, 0.2) is 10.8 Å². The number of carbonyl (C=O) groups is 1. The number of hydrogen-bond donors (Lipinski definition) is 2. The van der Waals surface area contributed by atoms with Gasteiger partial charge in [-0.2, -0.15) is 4.98 Å². The normalized spacial score (nSPS) is 10.9. The topological polar surface area (TPSA) is 98.7 Å². The number of para-hydroxylation sites is 2. The molecule has 0 aliphatic carbocycles. The highest BCUT2D eigenvalue weighted by Gasteiger charge is 2.12. The molecule has 0 radical (unpaired) electrons. The average molecular weight is 413 g/mol. The van der Waals surface area contributed by atoms with Crippen LogP contribution < -0.4 is 11.1 Å². The van der Waals surface area contributed by atoms with Gasteiger partial charge in [0.25, 0.3) is 5.91 Å². The number of aromatic nitrogens is 4. The molecule has 0 unspecified atom stereocenters. The quantitative estimate of drug-likeness (QED) is 0.299. The maximum Gasteiger partial charge on any atom is 0.255 e. The Hall–Kier alpha value is -3.16. The van der Waals surface area contributed by atoms with Gasteiger partial charge in [0.2, 0.25) is 5.28 Å². The van der Waals surface area contributed by atoms with Crippen LogP contribution in [0.2, 0.25) is 10.4 Å². The van der Waals surface area contributed by atoms with Crippen molar-refractivity contribution in [2.45, 2.75) is 6.54 Å². The zero-order chi connectivity index (χ0) is 19.7. The zero-order valence-corrected chi connectivity index (χ0v) is 15.9. The molecule has 2 heterocycles. The number of amides is 1. The van der Waals surface area contributed by atoms with E-state index in [1.54, 1.807) is 30.6 Å². The molecular formula is C19H14Cl2N6O. The molecule has 1 amide bonds. The Morgan fingerprint density at radius 1 is 1.07 bits per heavy atom. The Bertz CT molecular complexity index is 1170. The van der Waals surface area contributed by atoms with Gasteiger partial charge in [0.1, 0.15) is 5.52 Å². The number of nitrogens with two attached hydrogens (primary N) is 1. The van der Waals surface area contributed by atoms with Crippen molar-refractivity contribution in [1.29, 1.82) is 0 Å². The van der Waals surface area contributed by atoms with E-state index in [4.69, 9.17) is 28.9 Å². The summed E-state index contributed by atoms with van der Waals surface area (Å²) in [5.41, 5.74) is 9.47. The number of imidazole rings is 1. The molecule has 0 aliphatic heterocycles. The van der Waals surface area contributed by atoms with Crippen LogP contribution in [0.1, 0.15) is 15.9 Å². The molecule has 140 valence electrons. The van der Waals surface area contributed by atoms with E-state index in [2.05, 4.69) is 20.3 Å². The smallest absolute Gasteiger partial charge is 0.255 e. The molecule has 4 aromatic rings. The lowest BCUT2D eigenvalue weighted by Crippen LogP contribution is -2.13. The van der Waals surface area contributed by atoms with Crippen LogP contribution in [-0.4, -0.2) is 25.4 Å². The third-order valence-corrected chi connectivity index (χ3v) is 4.60. The summed E-state index contributed by atoms with van der Waals surface area (Å²) in [6.07, 6.45) is 1.63. The number of halogens is 2. The Morgan fingerprint density at radius 3 is 2.57 bits per heavy atom.